The number of halogens is 4. The molecule has 0 unspecified atom stereocenters. The first kappa shape index (κ1) is 19.4. The molecule has 0 saturated carbocycles. The summed E-state index contributed by atoms with van der Waals surface area (Å²) in [5, 5.41) is 4.15. The molecule has 0 spiro atoms. The number of ether oxygens (including phenoxy) is 2. The molecule has 0 atom stereocenters. The van der Waals surface area contributed by atoms with Gasteiger partial charge in [-0.05, 0) is 24.4 Å². The van der Waals surface area contributed by atoms with Gasteiger partial charge in [0.1, 0.15) is 11.3 Å². The summed E-state index contributed by atoms with van der Waals surface area (Å²) in [5.74, 6) is -9.85. The fourth-order valence-electron chi connectivity index (χ4n) is 2.06. The van der Waals surface area contributed by atoms with E-state index >= 15 is 0 Å². The maximum absolute atomic E-state index is 13.9. The van der Waals surface area contributed by atoms with Gasteiger partial charge in [-0.25, -0.2) is 8.78 Å². The van der Waals surface area contributed by atoms with Gasteiger partial charge in [0.15, 0.2) is 22.5 Å². The molecule has 0 aliphatic carbocycles. The Labute approximate surface area is 150 Å². The second kappa shape index (κ2) is 8.00. The Morgan fingerprint density at radius 2 is 1.54 bits per heavy atom. The van der Waals surface area contributed by atoms with Crippen molar-refractivity contribution >= 4 is 28.9 Å². The number of carbonyl (C=O) groups is 1. The van der Waals surface area contributed by atoms with Crippen LogP contribution in [0.2, 0.25) is 0 Å². The van der Waals surface area contributed by atoms with E-state index < -0.39 is 40.5 Å². The van der Waals surface area contributed by atoms with E-state index in [1.54, 1.807) is 24.3 Å². The van der Waals surface area contributed by atoms with Gasteiger partial charge in [0.25, 0.3) is 5.91 Å². The van der Waals surface area contributed by atoms with Gasteiger partial charge in [-0.3, -0.25) is 10.1 Å². The van der Waals surface area contributed by atoms with Gasteiger partial charge < -0.3 is 14.8 Å². The highest BCUT2D eigenvalue weighted by Crippen LogP contribution is 2.29. The first-order chi connectivity index (χ1) is 12.3. The predicted octanol–water partition coefficient (Wildman–Crippen LogP) is 3.39. The van der Waals surface area contributed by atoms with Gasteiger partial charge in [-0.15, -0.1) is 0 Å². The highest BCUT2D eigenvalue weighted by molar-refractivity contribution is 7.80. The van der Waals surface area contributed by atoms with Crippen LogP contribution in [0.1, 0.15) is 10.4 Å². The van der Waals surface area contributed by atoms with Crippen LogP contribution in [-0.2, 0) is 0 Å². The number of benzene rings is 2. The zero-order valence-electron chi connectivity index (χ0n) is 13.5. The minimum Gasteiger partial charge on any atom is -0.495 e. The van der Waals surface area contributed by atoms with Crippen molar-refractivity contribution in [3.8, 4) is 11.5 Å². The van der Waals surface area contributed by atoms with E-state index in [2.05, 4.69) is 10.1 Å². The summed E-state index contributed by atoms with van der Waals surface area (Å²) in [6.07, 6.45) is 0. The van der Waals surface area contributed by atoms with Crippen LogP contribution in [0.5, 0.6) is 11.5 Å². The summed E-state index contributed by atoms with van der Waals surface area (Å²) in [6, 6.07) is 6.48. The molecule has 0 bridgehead atoms. The van der Waals surface area contributed by atoms with E-state index in [0.29, 0.717) is 11.4 Å². The third-order valence-electron chi connectivity index (χ3n) is 3.24. The van der Waals surface area contributed by atoms with Crippen LogP contribution < -0.4 is 20.1 Å². The van der Waals surface area contributed by atoms with Crippen LogP contribution in [0.3, 0.4) is 0 Å². The quantitative estimate of drug-likeness (QED) is 0.478. The molecule has 2 rings (SSSR count). The van der Waals surface area contributed by atoms with Crippen LogP contribution in [-0.4, -0.2) is 25.2 Å². The van der Waals surface area contributed by atoms with Crippen LogP contribution in [0.4, 0.5) is 23.2 Å². The van der Waals surface area contributed by atoms with Crippen molar-refractivity contribution in [2.24, 2.45) is 0 Å². The van der Waals surface area contributed by atoms with Crippen molar-refractivity contribution in [1.82, 2.24) is 5.32 Å². The van der Waals surface area contributed by atoms with Gasteiger partial charge in [-0.1, -0.05) is 12.1 Å². The Kier molecular flexibility index (Phi) is 5.98. The largest absolute Gasteiger partial charge is 0.495 e. The van der Waals surface area contributed by atoms with Crippen molar-refractivity contribution in [3.63, 3.8) is 0 Å². The van der Waals surface area contributed by atoms with E-state index in [9.17, 15) is 22.4 Å². The van der Waals surface area contributed by atoms with Gasteiger partial charge >= 0.3 is 0 Å². The summed E-state index contributed by atoms with van der Waals surface area (Å²) in [4.78, 5) is 12.0. The lowest BCUT2D eigenvalue weighted by Gasteiger charge is -2.14. The molecular weight excluding hydrogens is 376 g/mol. The lowest BCUT2D eigenvalue weighted by Crippen LogP contribution is -2.35. The zero-order valence-corrected chi connectivity index (χ0v) is 14.3. The number of para-hydroxylation sites is 2. The van der Waals surface area contributed by atoms with Gasteiger partial charge in [0, 0.05) is 0 Å². The van der Waals surface area contributed by atoms with Crippen molar-refractivity contribution in [1.29, 1.82) is 0 Å². The number of hydrogen-bond donors (Lipinski definition) is 2. The summed E-state index contributed by atoms with van der Waals surface area (Å²) in [5.41, 5.74) is -1.11. The first-order valence-corrected chi connectivity index (χ1v) is 7.37. The highest BCUT2D eigenvalue weighted by atomic mass is 32.1. The first-order valence-electron chi connectivity index (χ1n) is 6.97. The molecule has 0 aliphatic rings. The van der Waals surface area contributed by atoms with Crippen molar-refractivity contribution in [3.05, 3.63) is 53.1 Å². The number of rotatable bonds is 4. The Hall–Kier alpha value is -2.88. The van der Waals surface area contributed by atoms with Crippen LogP contribution in [0.15, 0.2) is 24.3 Å². The SMILES string of the molecule is COc1ccccc1NC(=S)NC(=O)c1c(F)c(F)c(OC)c(F)c1F. The molecule has 0 aromatic heterocycles. The molecule has 138 valence electrons. The van der Waals surface area contributed by atoms with Crippen LogP contribution in [0.25, 0.3) is 0 Å². The van der Waals surface area contributed by atoms with Crippen molar-refractivity contribution < 1.29 is 31.8 Å². The van der Waals surface area contributed by atoms with Crippen molar-refractivity contribution in [2.75, 3.05) is 19.5 Å². The Morgan fingerprint density at radius 3 is 2.08 bits per heavy atom. The standard InChI is InChI=1S/C16H12F4N2O3S/c1-24-8-6-4-3-5-7(8)21-16(26)22-15(23)9-10(17)12(19)14(25-2)13(20)11(9)18/h3-6H,1-2H3,(H2,21,22,23,26). The summed E-state index contributed by atoms with van der Waals surface area (Å²) in [6.45, 7) is 0. The van der Waals surface area contributed by atoms with Crippen LogP contribution >= 0.6 is 12.2 Å². The normalized spacial score (nSPS) is 10.2. The van der Waals surface area contributed by atoms with Gasteiger partial charge in [0.2, 0.25) is 11.6 Å². The third kappa shape index (κ3) is 3.69. The summed E-state index contributed by atoms with van der Waals surface area (Å²) < 4.78 is 64.6. The molecule has 0 aliphatic heterocycles. The molecule has 0 saturated heterocycles. The number of carbonyl (C=O) groups excluding carboxylic acids is 1. The molecule has 2 N–H and O–H groups in total. The fraction of sp³-hybridized carbons (Fsp3) is 0.125. The molecule has 26 heavy (non-hydrogen) atoms. The molecule has 0 fully saturated rings. The predicted molar refractivity (Wildman–Crippen MR) is 89.5 cm³/mol. The lowest BCUT2D eigenvalue weighted by atomic mass is 10.1. The Morgan fingerprint density at radius 1 is 0.962 bits per heavy atom. The number of amides is 1. The molecule has 1 amide bonds. The van der Waals surface area contributed by atoms with Crippen LogP contribution in [0, 0.1) is 23.3 Å². The van der Waals surface area contributed by atoms with E-state index in [1.165, 1.54) is 7.11 Å². The third-order valence-corrected chi connectivity index (χ3v) is 3.44. The highest BCUT2D eigenvalue weighted by Gasteiger charge is 2.30. The number of nitrogens with one attached hydrogen (secondary N) is 2. The smallest absolute Gasteiger partial charge is 0.263 e. The molecule has 2 aromatic rings. The monoisotopic (exact) mass is 388 g/mol. The number of methoxy groups -OCH3 is 2. The Bertz CT molecular complexity index is 848. The summed E-state index contributed by atoms with van der Waals surface area (Å²) >= 11 is 4.86. The zero-order chi connectivity index (χ0) is 19.4. The molecule has 10 heteroatoms. The van der Waals surface area contributed by atoms with Crippen molar-refractivity contribution in [2.45, 2.75) is 0 Å². The maximum Gasteiger partial charge on any atom is 0.263 e. The minimum atomic E-state index is -1.90. The minimum absolute atomic E-state index is 0.355. The average Bonchev–Trinajstić information content (AvgIpc) is 2.61. The lowest BCUT2D eigenvalue weighted by molar-refractivity contribution is 0.0966. The molecule has 0 heterocycles. The number of thiocarbonyl (C=S) groups is 1. The molecule has 2 aromatic carbocycles. The van der Waals surface area contributed by atoms with E-state index in [1.807, 2.05) is 5.32 Å². The molecule has 0 radical (unpaired) electrons. The number of anilines is 1. The maximum atomic E-state index is 13.9. The average molecular weight is 388 g/mol. The second-order valence-corrected chi connectivity index (χ2v) is 5.18. The topological polar surface area (TPSA) is 59.6 Å². The molecule has 5 nitrogen and oxygen atoms in total. The van der Waals surface area contributed by atoms with E-state index in [0.717, 1.165) is 7.11 Å². The van der Waals surface area contributed by atoms with Gasteiger partial charge in [-0.2, -0.15) is 8.78 Å². The van der Waals surface area contributed by atoms with Gasteiger partial charge in [0.05, 0.1) is 19.9 Å². The second-order valence-electron chi connectivity index (χ2n) is 4.77. The van der Waals surface area contributed by atoms with E-state index in [-0.39, 0.29) is 5.11 Å². The Balaban J connectivity index is 2.26. The number of hydrogen-bond acceptors (Lipinski definition) is 4. The molecular formula is C16H12F4N2O3S. The fourth-order valence-corrected chi connectivity index (χ4v) is 2.26. The van der Waals surface area contributed by atoms with E-state index in [4.69, 9.17) is 17.0 Å². The summed E-state index contributed by atoms with van der Waals surface area (Å²) in [7, 11) is 2.22.